The van der Waals surface area contributed by atoms with Gasteiger partial charge in [-0.1, -0.05) is 12.1 Å². The predicted octanol–water partition coefficient (Wildman–Crippen LogP) is 1.74. The number of sulfone groups is 1. The van der Waals surface area contributed by atoms with E-state index in [9.17, 15) is 21.6 Å². The topological polar surface area (TPSA) is 126 Å². The normalized spacial score (nSPS) is 18.7. The largest absolute Gasteiger partial charge is 0.378 e. The van der Waals surface area contributed by atoms with Gasteiger partial charge in [0, 0.05) is 43.7 Å². The minimum absolute atomic E-state index is 0.0249. The lowest BCUT2D eigenvalue weighted by molar-refractivity contribution is 0.102. The van der Waals surface area contributed by atoms with Gasteiger partial charge in [-0.2, -0.15) is 0 Å². The van der Waals surface area contributed by atoms with E-state index < -0.39 is 24.9 Å². The molecule has 186 valence electrons. The molecule has 13 heteroatoms. The van der Waals surface area contributed by atoms with Crippen molar-refractivity contribution >= 4 is 48.5 Å². The molecule has 1 aromatic carbocycles. The van der Waals surface area contributed by atoms with Crippen molar-refractivity contribution in [3.05, 3.63) is 40.3 Å². The van der Waals surface area contributed by atoms with Crippen LogP contribution in [0.15, 0.2) is 29.6 Å². The van der Waals surface area contributed by atoms with Crippen LogP contribution in [0.2, 0.25) is 0 Å². The van der Waals surface area contributed by atoms with Gasteiger partial charge in [0.05, 0.1) is 29.6 Å². The number of hydrogen-bond donors (Lipinski definition) is 1. The van der Waals surface area contributed by atoms with Crippen LogP contribution in [0.25, 0.3) is 0 Å². The molecule has 0 saturated carbocycles. The van der Waals surface area contributed by atoms with E-state index in [2.05, 4.69) is 15.2 Å². The molecule has 0 spiro atoms. The number of thiazole rings is 1. The molecule has 2 saturated heterocycles. The number of anilines is 2. The smallest absolute Gasteiger partial charge is 0.275 e. The van der Waals surface area contributed by atoms with Crippen molar-refractivity contribution < 1.29 is 26.4 Å². The van der Waals surface area contributed by atoms with E-state index in [4.69, 9.17) is 4.74 Å². The molecule has 34 heavy (non-hydrogen) atoms. The predicted molar refractivity (Wildman–Crippen MR) is 132 cm³/mol. The SMILES string of the molecule is CS(=O)(=O)CS(=O)(=O)N1CCC(c2nc(C(=O)Nc3ccccc3N3CCOCC3)cs2)CC1. The van der Waals surface area contributed by atoms with Gasteiger partial charge in [0.25, 0.3) is 5.91 Å². The van der Waals surface area contributed by atoms with E-state index in [1.807, 2.05) is 24.3 Å². The second-order valence-corrected chi connectivity index (χ2v) is 13.8. The second kappa shape index (κ2) is 10.3. The monoisotopic (exact) mass is 528 g/mol. The highest BCUT2D eigenvalue weighted by molar-refractivity contribution is 8.06. The number of morpholine rings is 1. The zero-order valence-electron chi connectivity index (χ0n) is 18.8. The van der Waals surface area contributed by atoms with Gasteiger partial charge in [-0.15, -0.1) is 11.3 Å². The molecule has 0 atom stereocenters. The first-order valence-corrected chi connectivity index (χ1v) is 15.5. The molecule has 0 unspecified atom stereocenters. The van der Waals surface area contributed by atoms with Crippen LogP contribution in [0.1, 0.15) is 34.3 Å². The van der Waals surface area contributed by atoms with Gasteiger partial charge in [-0.05, 0) is 25.0 Å². The highest BCUT2D eigenvalue weighted by Crippen LogP contribution is 2.32. The van der Waals surface area contributed by atoms with Gasteiger partial charge in [-0.25, -0.2) is 26.1 Å². The summed E-state index contributed by atoms with van der Waals surface area (Å²) in [7, 11) is -7.48. The van der Waals surface area contributed by atoms with Crippen molar-refractivity contribution in [2.45, 2.75) is 18.8 Å². The Labute approximate surface area is 203 Å². The molecular weight excluding hydrogens is 500 g/mol. The molecule has 1 amide bonds. The summed E-state index contributed by atoms with van der Waals surface area (Å²) in [6.07, 6.45) is 1.97. The molecule has 2 fully saturated rings. The van der Waals surface area contributed by atoms with Gasteiger partial charge in [0.1, 0.15) is 5.69 Å². The minimum Gasteiger partial charge on any atom is -0.378 e. The van der Waals surface area contributed by atoms with Crippen LogP contribution in [0.5, 0.6) is 0 Å². The van der Waals surface area contributed by atoms with E-state index in [1.54, 1.807) is 5.38 Å². The number of nitrogens with one attached hydrogen (secondary N) is 1. The van der Waals surface area contributed by atoms with Crippen molar-refractivity contribution in [3.8, 4) is 0 Å². The van der Waals surface area contributed by atoms with Crippen molar-refractivity contribution in [2.24, 2.45) is 0 Å². The van der Waals surface area contributed by atoms with Gasteiger partial charge < -0.3 is 15.0 Å². The number of aromatic nitrogens is 1. The molecule has 0 bridgehead atoms. The van der Waals surface area contributed by atoms with E-state index >= 15 is 0 Å². The lowest BCUT2D eigenvalue weighted by atomic mass is 9.99. The van der Waals surface area contributed by atoms with Crippen molar-refractivity contribution in [2.75, 3.05) is 61.0 Å². The Balaban J connectivity index is 1.39. The van der Waals surface area contributed by atoms with Crippen molar-refractivity contribution in [1.82, 2.24) is 9.29 Å². The molecule has 0 radical (unpaired) electrons. The Bertz CT molecular complexity index is 1230. The van der Waals surface area contributed by atoms with Crippen LogP contribution >= 0.6 is 11.3 Å². The Morgan fingerprint density at radius 2 is 1.79 bits per heavy atom. The first kappa shape index (κ1) is 25.0. The second-order valence-electron chi connectivity index (χ2n) is 8.47. The van der Waals surface area contributed by atoms with Crippen LogP contribution in [0, 0.1) is 0 Å². The molecule has 3 heterocycles. The molecular formula is C21H28N4O6S3. The standard InChI is InChI=1S/C21H28N4O6S3/c1-33(27,28)15-34(29,30)25-8-6-16(7-9-25)21-23-18(14-32-21)20(26)22-17-4-2-3-5-19(17)24-10-12-31-13-11-24/h2-5,14,16H,6-13,15H2,1H3,(H,22,26). The van der Waals surface area contributed by atoms with Gasteiger partial charge in [0.2, 0.25) is 10.0 Å². The Hall–Kier alpha value is -2.06. The van der Waals surface area contributed by atoms with Crippen molar-refractivity contribution in [1.29, 1.82) is 0 Å². The number of ether oxygens (including phenoxy) is 1. The molecule has 1 aromatic heterocycles. The summed E-state index contributed by atoms with van der Waals surface area (Å²) in [5.74, 6) is -0.270. The minimum atomic E-state index is -3.85. The maximum absolute atomic E-state index is 12.9. The van der Waals surface area contributed by atoms with Crippen molar-refractivity contribution in [3.63, 3.8) is 0 Å². The number of rotatable bonds is 7. The van der Waals surface area contributed by atoms with Crippen LogP contribution in [0.4, 0.5) is 11.4 Å². The Morgan fingerprint density at radius 1 is 1.12 bits per heavy atom. The van der Waals surface area contributed by atoms with Crippen LogP contribution in [-0.4, -0.2) is 82.8 Å². The molecule has 2 aliphatic heterocycles. The zero-order chi connectivity index (χ0) is 24.3. The maximum Gasteiger partial charge on any atom is 0.275 e. The summed E-state index contributed by atoms with van der Waals surface area (Å²) in [6, 6.07) is 7.64. The Morgan fingerprint density at radius 3 is 2.47 bits per heavy atom. The van der Waals surface area contributed by atoms with E-state index in [-0.39, 0.29) is 24.9 Å². The third-order valence-electron chi connectivity index (χ3n) is 5.82. The van der Waals surface area contributed by atoms with Crippen LogP contribution < -0.4 is 10.2 Å². The summed E-state index contributed by atoms with van der Waals surface area (Å²) in [6.45, 7) is 3.27. The molecule has 0 aliphatic carbocycles. The first-order valence-electron chi connectivity index (χ1n) is 11.0. The van der Waals surface area contributed by atoms with E-state index in [0.29, 0.717) is 37.4 Å². The lowest BCUT2D eigenvalue weighted by Gasteiger charge is -2.30. The lowest BCUT2D eigenvalue weighted by Crippen LogP contribution is -2.40. The highest BCUT2D eigenvalue weighted by Gasteiger charge is 2.32. The fraction of sp³-hybridized carbons (Fsp3) is 0.524. The number of nitrogens with zero attached hydrogens (tertiary/aromatic N) is 3. The number of para-hydroxylation sites is 2. The number of benzene rings is 1. The number of sulfonamides is 1. The summed E-state index contributed by atoms with van der Waals surface area (Å²) in [5, 5.41) is 4.59. The summed E-state index contributed by atoms with van der Waals surface area (Å²) in [5.41, 5.74) is 1.98. The third-order valence-corrected chi connectivity index (χ3v) is 10.9. The van der Waals surface area contributed by atoms with Crippen LogP contribution in [0.3, 0.4) is 0 Å². The fourth-order valence-corrected chi connectivity index (χ4v) is 8.65. The quantitative estimate of drug-likeness (QED) is 0.576. The average molecular weight is 529 g/mol. The first-order chi connectivity index (χ1) is 16.1. The van der Waals surface area contributed by atoms with E-state index in [1.165, 1.54) is 15.6 Å². The molecule has 2 aliphatic rings. The number of carbonyl (C=O) groups excluding carboxylic acids is 1. The van der Waals surface area contributed by atoms with E-state index in [0.717, 1.165) is 30.0 Å². The maximum atomic E-state index is 12.9. The van der Waals surface area contributed by atoms with Gasteiger partial charge >= 0.3 is 0 Å². The molecule has 10 nitrogen and oxygen atoms in total. The third kappa shape index (κ3) is 6.13. The molecule has 4 rings (SSSR count). The summed E-state index contributed by atoms with van der Waals surface area (Å²) >= 11 is 1.38. The highest BCUT2D eigenvalue weighted by atomic mass is 32.3. The number of piperidine rings is 1. The Kier molecular flexibility index (Phi) is 7.57. The summed E-state index contributed by atoms with van der Waals surface area (Å²) < 4.78 is 54.1. The average Bonchev–Trinajstić information content (AvgIpc) is 3.29. The fourth-order valence-electron chi connectivity index (χ4n) is 4.15. The van der Waals surface area contributed by atoms with Crippen LogP contribution in [-0.2, 0) is 24.6 Å². The van der Waals surface area contributed by atoms with Gasteiger partial charge in [-0.3, -0.25) is 4.79 Å². The summed E-state index contributed by atoms with van der Waals surface area (Å²) in [4.78, 5) is 19.6. The zero-order valence-corrected chi connectivity index (χ0v) is 21.3. The number of carbonyl (C=O) groups is 1. The molecule has 2 aromatic rings. The van der Waals surface area contributed by atoms with Gasteiger partial charge in [0.15, 0.2) is 14.9 Å². The number of hydrogen-bond acceptors (Lipinski definition) is 9. The molecule has 1 N–H and O–H groups in total. The number of amides is 1.